The van der Waals surface area contributed by atoms with Crippen molar-refractivity contribution in [2.45, 2.75) is 38.7 Å². The van der Waals surface area contributed by atoms with Crippen LogP contribution in [0.15, 0.2) is 24.3 Å². The molecular weight excluding hydrogens is 290 g/mol. The van der Waals surface area contributed by atoms with E-state index in [4.69, 9.17) is 16.3 Å². The number of Topliss-reactive ketones (excluding diaryl/α,β-unsaturated/α-hetero) is 1. The van der Waals surface area contributed by atoms with Gasteiger partial charge < -0.3 is 9.64 Å². The molecule has 0 aliphatic carbocycles. The van der Waals surface area contributed by atoms with E-state index in [-0.39, 0.29) is 18.2 Å². The van der Waals surface area contributed by atoms with E-state index in [1.54, 1.807) is 12.1 Å². The molecule has 1 heterocycles. The Bertz CT molecular complexity index is 533. The lowest BCUT2D eigenvalue weighted by Gasteiger charge is -2.32. The zero-order chi connectivity index (χ0) is 15.6. The molecule has 1 unspecified atom stereocenters. The molecule has 4 nitrogen and oxygen atoms in total. The van der Waals surface area contributed by atoms with Crippen molar-refractivity contribution in [3.05, 3.63) is 34.9 Å². The summed E-state index contributed by atoms with van der Waals surface area (Å²) < 4.78 is 5.30. The fourth-order valence-electron chi connectivity index (χ4n) is 2.35. The molecule has 1 aromatic carbocycles. The van der Waals surface area contributed by atoms with Crippen LogP contribution in [0.2, 0.25) is 5.02 Å². The van der Waals surface area contributed by atoms with Crippen molar-refractivity contribution in [1.82, 2.24) is 4.90 Å². The third kappa shape index (κ3) is 4.21. The van der Waals surface area contributed by atoms with E-state index in [1.807, 2.05) is 32.9 Å². The Balaban J connectivity index is 2.01. The molecule has 0 aromatic heterocycles. The monoisotopic (exact) mass is 309 g/mol. The van der Waals surface area contributed by atoms with Gasteiger partial charge in [-0.25, -0.2) is 4.79 Å². The molecule has 1 atom stereocenters. The van der Waals surface area contributed by atoms with Crippen molar-refractivity contribution in [2.24, 2.45) is 0 Å². The number of ketones is 1. The van der Waals surface area contributed by atoms with Crippen LogP contribution >= 0.6 is 11.6 Å². The molecule has 21 heavy (non-hydrogen) atoms. The topological polar surface area (TPSA) is 46.6 Å². The summed E-state index contributed by atoms with van der Waals surface area (Å²) in [4.78, 5) is 25.7. The maximum absolute atomic E-state index is 12.3. The average Bonchev–Trinajstić information content (AvgIpc) is 2.38. The number of nitrogens with zero attached hydrogens (tertiary/aromatic N) is 1. The molecule has 1 amide bonds. The number of ether oxygens (including phenoxy) is 1. The highest BCUT2D eigenvalue weighted by Gasteiger charge is 2.32. The molecule has 5 heteroatoms. The van der Waals surface area contributed by atoms with Gasteiger partial charge in [0.2, 0.25) is 0 Å². The van der Waals surface area contributed by atoms with Gasteiger partial charge in [0.15, 0.2) is 5.78 Å². The van der Waals surface area contributed by atoms with E-state index >= 15 is 0 Å². The Hall–Kier alpha value is -1.55. The van der Waals surface area contributed by atoms with Crippen LogP contribution in [0.25, 0.3) is 0 Å². The molecule has 114 valence electrons. The number of benzene rings is 1. The summed E-state index contributed by atoms with van der Waals surface area (Å²) in [6.07, 6.45) is 0.185. The van der Waals surface area contributed by atoms with Gasteiger partial charge in [0.25, 0.3) is 0 Å². The molecule has 1 saturated heterocycles. The standard InChI is InChI=1S/C16H20ClNO3/c1-16(2,3)21-15(20)18-9-8-13(14(19)10-18)11-4-6-12(17)7-5-11/h4-7,13H,8-10H2,1-3H3. The fourth-order valence-corrected chi connectivity index (χ4v) is 2.48. The van der Waals surface area contributed by atoms with Crippen LogP contribution in [-0.2, 0) is 9.53 Å². The summed E-state index contributed by atoms with van der Waals surface area (Å²) in [6.45, 7) is 6.06. The van der Waals surface area contributed by atoms with Gasteiger partial charge >= 0.3 is 6.09 Å². The van der Waals surface area contributed by atoms with Crippen molar-refractivity contribution in [3.8, 4) is 0 Å². The minimum atomic E-state index is -0.548. The molecule has 0 N–H and O–H groups in total. The second-order valence-corrected chi connectivity index (χ2v) is 6.70. The normalized spacial score (nSPS) is 19.5. The Morgan fingerprint density at radius 2 is 1.90 bits per heavy atom. The minimum Gasteiger partial charge on any atom is -0.444 e. The molecule has 1 aliphatic heterocycles. The van der Waals surface area contributed by atoms with E-state index in [0.29, 0.717) is 18.0 Å². The Morgan fingerprint density at radius 1 is 1.29 bits per heavy atom. The van der Waals surface area contributed by atoms with Crippen molar-refractivity contribution in [2.75, 3.05) is 13.1 Å². The predicted octanol–water partition coefficient (Wildman–Crippen LogP) is 3.63. The van der Waals surface area contributed by atoms with E-state index in [1.165, 1.54) is 4.90 Å². The lowest BCUT2D eigenvalue weighted by Crippen LogP contribution is -2.45. The van der Waals surface area contributed by atoms with E-state index in [9.17, 15) is 9.59 Å². The zero-order valence-electron chi connectivity index (χ0n) is 12.6. The van der Waals surface area contributed by atoms with Crippen molar-refractivity contribution in [1.29, 1.82) is 0 Å². The van der Waals surface area contributed by atoms with Crippen molar-refractivity contribution < 1.29 is 14.3 Å². The summed E-state index contributed by atoms with van der Waals surface area (Å²) >= 11 is 5.86. The maximum atomic E-state index is 12.3. The smallest absolute Gasteiger partial charge is 0.410 e. The molecule has 1 fully saturated rings. The molecular formula is C16H20ClNO3. The Morgan fingerprint density at radius 3 is 2.43 bits per heavy atom. The number of piperidine rings is 1. The number of halogens is 1. The molecule has 1 aliphatic rings. The molecule has 0 radical (unpaired) electrons. The van der Waals surface area contributed by atoms with E-state index in [0.717, 1.165) is 5.56 Å². The largest absolute Gasteiger partial charge is 0.444 e. The van der Waals surface area contributed by atoms with Crippen LogP contribution in [-0.4, -0.2) is 35.5 Å². The Kier molecular flexibility index (Phi) is 4.57. The van der Waals surface area contributed by atoms with Crippen LogP contribution in [0.5, 0.6) is 0 Å². The number of hydrogen-bond donors (Lipinski definition) is 0. The first-order chi connectivity index (χ1) is 9.76. The number of carbonyl (C=O) groups excluding carboxylic acids is 2. The molecule has 0 bridgehead atoms. The Labute approximate surface area is 130 Å². The molecule has 1 aromatic rings. The zero-order valence-corrected chi connectivity index (χ0v) is 13.3. The quantitative estimate of drug-likeness (QED) is 0.795. The third-order valence-corrected chi connectivity index (χ3v) is 3.60. The van der Waals surface area contributed by atoms with E-state index < -0.39 is 11.7 Å². The number of carbonyl (C=O) groups is 2. The van der Waals surface area contributed by atoms with Crippen LogP contribution in [0, 0.1) is 0 Å². The summed E-state index contributed by atoms with van der Waals surface area (Å²) in [5.41, 5.74) is 0.404. The van der Waals surface area contributed by atoms with Crippen LogP contribution < -0.4 is 0 Å². The van der Waals surface area contributed by atoms with Crippen LogP contribution in [0.1, 0.15) is 38.7 Å². The van der Waals surface area contributed by atoms with Gasteiger partial charge in [-0.2, -0.15) is 0 Å². The summed E-state index contributed by atoms with van der Waals surface area (Å²) in [5, 5.41) is 0.650. The fraction of sp³-hybridized carbons (Fsp3) is 0.500. The molecule has 0 spiro atoms. The number of hydrogen-bond acceptors (Lipinski definition) is 3. The number of likely N-dealkylation sites (tertiary alicyclic amines) is 1. The van der Waals surface area contributed by atoms with E-state index in [2.05, 4.69) is 0 Å². The second kappa shape index (κ2) is 6.06. The van der Waals surface area contributed by atoms with Gasteiger partial charge in [0.1, 0.15) is 5.60 Å². The van der Waals surface area contributed by atoms with Gasteiger partial charge in [0, 0.05) is 17.5 Å². The van der Waals surface area contributed by atoms with Gasteiger partial charge in [-0.3, -0.25) is 4.79 Å². The lowest BCUT2D eigenvalue weighted by molar-refractivity contribution is -0.123. The summed E-state index contributed by atoms with van der Waals surface area (Å²) in [7, 11) is 0. The van der Waals surface area contributed by atoms with Gasteiger partial charge in [0.05, 0.1) is 6.54 Å². The first kappa shape index (κ1) is 15.8. The average molecular weight is 310 g/mol. The summed E-state index contributed by atoms with van der Waals surface area (Å²) in [6, 6.07) is 7.30. The minimum absolute atomic E-state index is 0.0365. The maximum Gasteiger partial charge on any atom is 0.410 e. The molecule has 0 saturated carbocycles. The first-order valence-electron chi connectivity index (χ1n) is 7.02. The predicted molar refractivity (Wildman–Crippen MR) is 81.6 cm³/mol. The lowest BCUT2D eigenvalue weighted by atomic mass is 9.88. The van der Waals surface area contributed by atoms with Crippen LogP contribution in [0.3, 0.4) is 0 Å². The highest BCUT2D eigenvalue weighted by atomic mass is 35.5. The van der Waals surface area contributed by atoms with Crippen LogP contribution in [0.4, 0.5) is 4.79 Å². The second-order valence-electron chi connectivity index (χ2n) is 6.26. The SMILES string of the molecule is CC(C)(C)OC(=O)N1CCC(c2ccc(Cl)cc2)C(=O)C1. The molecule has 2 rings (SSSR count). The van der Waals surface area contributed by atoms with Gasteiger partial charge in [-0.1, -0.05) is 23.7 Å². The first-order valence-corrected chi connectivity index (χ1v) is 7.40. The van der Waals surface area contributed by atoms with Gasteiger partial charge in [-0.05, 0) is 44.9 Å². The highest BCUT2D eigenvalue weighted by Crippen LogP contribution is 2.27. The number of rotatable bonds is 1. The number of amides is 1. The van der Waals surface area contributed by atoms with Crippen molar-refractivity contribution in [3.63, 3.8) is 0 Å². The van der Waals surface area contributed by atoms with Gasteiger partial charge in [-0.15, -0.1) is 0 Å². The summed E-state index contributed by atoms with van der Waals surface area (Å²) in [5.74, 6) is -0.129. The highest BCUT2D eigenvalue weighted by molar-refractivity contribution is 6.30. The third-order valence-electron chi connectivity index (χ3n) is 3.35. The van der Waals surface area contributed by atoms with Crippen molar-refractivity contribution >= 4 is 23.5 Å².